The van der Waals surface area contributed by atoms with Gasteiger partial charge >= 0.3 is 12.0 Å². The first-order valence-electron chi connectivity index (χ1n) is 6.58. The number of nitrogens with one attached hydrogen (secondary N) is 2. The molecule has 1 aliphatic rings. The van der Waals surface area contributed by atoms with Crippen LogP contribution in [0.15, 0.2) is 18.2 Å². The van der Waals surface area contributed by atoms with Crippen molar-refractivity contribution in [3.8, 4) is 0 Å². The van der Waals surface area contributed by atoms with Gasteiger partial charge < -0.3 is 15.7 Å². The van der Waals surface area contributed by atoms with Crippen molar-refractivity contribution in [2.75, 3.05) is 5.32 Å². The Kier molecular flexibility index (Phi) is 4.22. The maximum Gasteiger partial charge on any atom is 0.337 e. The Hall–Kier alpha value is -2.11. The summed E-state index contributed by atoms with van der Waals surface area (Å²) in [6, 6.07) is 3.13. The van der Waals surface area contributed by atoms with Crippen molar-refractivity contribution in [3.05, 3.63) is 29.6 Å². The number of carboxylic acids is 1. The highest BCUT2D eigenvalue weighted by Crippen LogP contribution is 2.25. The highest BCUT2D eigenvalue weighted by atomic mass is 19.1. The lowest BCUT2D eigenvalue weighted by Gasteiger charge is -2.18. The summed E-state index contributed by atoms with van der Waals surface area (Å²) in [7, 11) is 0. The van der Waals surface area contributed by atoms with E-state index < -0.39 is 17.8 Å². The van der Waals surface area contributed by atoms with Crippen molar-refractivity contribution in [1.29, 1.82) is 0 Å². The van der Waals surface area contributed by atoms with Crippen LogP contribution in [0.25, 0.3) is 0 Å². The lowest BCUT2D eigenvalue weighted by molar-refractivity contribution is 0.0697. The Labute approximate surface area is 116 Å². The van der Waals surface area contributed by atoms with E-state index in [-0.39, 0.29) is 17.3 Å². The Morgan fingerprint density at radius 2 is 2.10 bits per heavy atom. The van der Waals surface area contributed by atoms with Crippen molar-refractivity contribution in [2.24, 2.45) is 5.92 Å². The Bertz CT molecular complexity index is 533. The fraction of sp³-hybridized carbons (Fsp3) is 0.429. The molecule has 20 heavy (non-hydrogen) atoms. The highest BCUT2D eigenvalue weighted by Gasteiger charge is 2.25. The summed E-state index contributed by atoms with van der Waals surface area (Å²) in [4.78, 5) is 22.9. The second-order valence-corrected chi connectivity index (χ2v) is 5.08. The van der Waals surface area contributed by atoms with E-state index in [4.69, 9.17) is 5.11 Å². The molecule has 1 aromatic carbocycles. The zero-order chi connectivity index (χ0) is 14.7. The number of rotatable bonds is 3. The standard InChI is InChI=1S/C14H17FN2O3/c1-8-4-2-7-11(8)16-14(20)17-12-9(13(18)19)5-3-6-10(12)15/h3,5-6,8,11H,2,4,7H2,1H3,(H,18,19)(H2,16,17,20). The molecule has 0 heterocycles. The molecule has 1 fully saturated rings. The number of aromatic carboxylic acids is 1. The molecular formula is C14H17FN2O3. The molecule has 0 aliphatic heterocycles. The highest BCUT2D eigenvalue weighted by molar-refractivity contribution is 6.00. The molecule has 0 aromatic heterocycles. The van der Waals surface area contributed by atoms with Gasteiger partial charge in [0, 0.05) is 6.04 Å². The molecular weight excluding hydrogens is 263 g/mol. The van der Waals surface area contributed by atoms with Gasteiger partial charge in [0.15, 0.2) is 0 Å². The number of hydrogen-bond acceptors (Lipinski definition) is 2. The van der Waals surface area contributed by atoms with Gasteiger partial charge in [0.25, 0.3) is 0 Å². The molecule has 0 radical (unpaired) electrons. The van der Waals surface area contributed by atoms with E-state index in [1.807, 2.05) is 6.92 Å². The molecule has 5 nitrogen and oxygen atoms in total. The van der Waals surface area contributed by atoms with Gasteiger partial charge in [-0.05, 0) is 30.9 Å². The SMILES string of the molecule is CC1CCCC1NC(=O)Nc1c(F)cccc1C(=O)O. The predicted molar refractivity (Wildman–Crippen MR) is 72.3 cm³/mol. The van der Waals surface area contributed by atoms with Crippen molar-refractivity contribution in [2.45, 2.75) is 32.2 Å². The van der Waals surface area contributed by atoms with Crippen LogP contribution in [0.2, 0.25) is 0 Å². The number of hydrogen-bond donors (Lipinski definition) is 3. The smallest absolute Gasteiger partial charge is 0.337 e. The Balaban J connectivity index is 2.09. The largest absolute Gasteiger partial charge is 0.478 e. The van der Waals surface area contributed by atoms with Gasteiger partial charge in [-0.25, -0.2) is 14.0 Å². The summed E-state index contributed by atoms with van der Waals surface area (Å²) in [6.45, 7) is 2.05. The van der Waals surface area contributed by atoms with Crippen molar-refractivity contribution in [1.82, 2.24) is 5.32 Å². The van der Waals surface area contributed by atoms with Gasteiger partial charge in [0.1, 0.15) is 5.82 Å². The van der Waals surface area contributed by atoms with Crippen molar-refractivity contribution >= 4 is 17.7 Å². The topological polar surface area (TPSA) is 78.4 Å². The molecule has 0 spiro atoms. The van der Waals surface area contributed by atoms with Crippen LogP contribution in [0.4, 0.5) is 14.9 Å². The fourth-order valence-corrected chi connectivity index (χ4v) is 2.51. The van der Waals surface area contributed by atoms with Crippen molar-refractivity contribution < 1.29 is 19.1 Å². The second-order valence-electron chi connectivity index (χ2n) is 5.08. The van der Waals surface area contributed by atoms with Crippen LogP contribution in [0.5, 0.6) is 0 Å². The number of halogens is 1. The lowest BCUT2D eigenvalue weighted by Crippen LogP contribution is -2.39. The molecule has 0 saturated heterocycles. The summed E-state index contributed by atoms with van der Waals surface area (Å²) in [5.41, 5.74) is -0.567. The van der Waals surface area contributed by atoms with Gasteiger partial charge in [-0.3, -0.25) is 0 Å². The van der Waals surface area contributed by atoms with E-state index in [9.17, 15) is 14.0 Å². The molecule has 2 rings (SSSR count). The summed E-state index contributed by atoms with van der Waals surface area (Å²) < 4.78 is 13.7. The first kappa shape index (κ1) is 14.3. The van der Waals surface area contributed by atoms with Crippen LogP contribution in [-0.2, 0) is 0 Å². The molecule has 2 atom stereocenters. The number of carbonyl (C=O) groups excluding carboxylic acids is 1. The quantitative estimate of drug-likeness (QED) is 0.796. The summed E-state index contributed by atoms with van der Waals surface area (Å²) in [5, 5.41) is 14.1. The van der Waals surface area contributed by atoms with E-state index in [1.165, 1.54) is 12.1 Å². The van der Waals surface area contributed by atoms with Gasteiger partial charge in [0.05, 0.1) is 11.3 Å². The van der Waals surface area contributed by atoms with Gasteiger partial charge in [-0.2, -0.15) is 0 Å². The molecule has 3 N–H and O–H groups in total. The number of carbonyl (C=O) groups is 2. The number of benzene rings is 1. The summed E-state index contributed by atoms with van der Waals surface area (Å²) in [5.74, 6) is -1.67. The third-order valence-corrected chi connectivity index (χ3v) is 3.66. The van der Waals surface area contributed by atoms with E-state index in [1.54, 1.807) is 0 Å². The minimum atomic E-state index is -1.28. The Morgan fingerprint density at radius 3 is 2.70 bits per heavy atom. The first-order valence-corrected chi connectivity index (χ1v) is 6.58. The maximum absolute atomic E-state index is 13.7. The van der Waals surface area contributed by atoms with Crippen LogP contribution >= 0.6 is 0 Å². The number of para-hydroxylation sites is 1. The van der Waals surface area contributed by atoms with E-state index in [2.05, 4.69) is 10.6 Å². The Morgan fingerprint density at radius 1 is 1.35 bits per heavy atom. The third kappa shape index (κ3) is 3.07. The van der Waals surface area contributed by atoms with Gasteiger partial charge in [0.2, 0.25) is 0 Å². The summed E-state index contributed by atoms with van der Waals surface area (Å²) in [6.07, 6.45) is 2.98. The number of urea groups is 1. The van der Waals surface area contributed by atoms with E-state index >= 15 is 0 Å². The summed E-state index contributed by atoms with van der Waals surface area (Å²) >= 11 is 0. The van der Waals surface area contributed by atoms with E-state index in [0.29, 0.717) is 5.92 Å². The lowest BCUT2D eigenvalue weighted by atomic mass is 10.1. The molecule has 2 unspecified atom stereocenters. The zero-order valence-electron chi connectivity index (χ0n) is 11.1. The zero-order valence-corrected chi connectivity index (χ0v) is 11.1. The van der Waals surface area contributed by atoms with Gasteiger partial charge in [-0.15, -0.1) is 0 Å². The van der Waals surface area contributed by atoms with Gasteiger partial charge in [-0.1, -0.05) is 19.4 Å². The predicted octanol–water partition coefficient (Wildman–Crippen LogP) is 2.83. The van der Waals surface area contributed by atoms with E-state index in [0.717, 1.165) is 25.3 Å². The third-order valence-electron chi connectivity index (χ3n) is 3.66. The molecule has 1 aliphatic carbocycles. The average molecular weight is 280 g/mol. The van der Waals surface area contributed by atoms with Crippen LogP contribution in [0, 0.1) is 11.7 Å². The van der Waals surface area contributed by atoms with Crippen LogP contribution in [-0.4, -0.2) is 23.1 Å². The van der Waals surface area contributed by atoms with Crippen LogP contribution in [0.1, 0.15) is 36.5 Å². The molecule has 1 saturated carbocycles. The first-order chi connectivity index (χ1) is 9.49. The molecule has 108 valence electrons. The van der Waals surface area contributed by atoms with Crippen LogP contribution < -0.4 is 10.6 Å². The number of amides is 2. The molecule has 1 aromatic rings. The minimum Gasteiger partial charge on any atom is -0.478 e. The van der Waals surface area contributed by atoms with Crippen molar-refractivity contribution in [3.63, 3.8) is 0 Å². The van der Waals surface area contributed by atoms with Crippen LogP contribution in [0.3, 0.4) is 0 Å². The number of carboxylic acid groups (broad SMARTS) is 1. The molecule has 2 amide bonds. The fourth-order valence-electron chi connectivity index (χ4n) is 2.51. The molecule has 6 heteroatoms. The maximum atomic E-state index is 13.7. The second kappa shape index (κ2) is 5.90. The monoisotopic (exact) mass is 280 g/mol. The molecule has 0 bridgehead atoms. The number of anilines is 1. The minimum absolute atomic E-state index is 0.0510. The normalized spacial score (nSPS) is 21.5. The average Bonchev–Trinajstić information content (AvgIpc) is 2.77.